The van der Waals surface area contributed by atoms with Gasteiger partial charge in [0.1, 0.15) is 0 Å². The number of fused-ring (bicyclic) bond motifs is 2. The van der Waals surface area contributed by atoms with Crippen LogP contribution in [0.3, 0.4) is 0 Å². The van der Waals surface area contributed by atoms with E-state index in [1.165, 1.54) is 21.3 Å². The Balaban J connectivity index is 1.89. The monoisotopic (exact) mass is 492 g/mol. The van der Waals surface area contributed by atoms with Crippen LogP contribution in [0.1, 0.15) is 12.8 Å². The molecule has 2 rings (SSSR count). The molecule has 10 nitrogen and oxygen atoms in total. The van der Waals surface area contributed by atoms with Gasteiger partial charge in [-0.3, -0.25) is 9.59 Å². The van der Waals surface area contributed by atoms with Gasteiger partial charge in [0.05, 0.1) is 31.1 Å². The molecule has 4 unspecified atom stereocenters. The SMILES string of the molecule is CO[Si](CCCOC(=O)C1C2C=CC(C2)C1C(=O)OCC[Si](OC)(OC)OC)(OC)OC. The van der Waals surface area contributed by atoms with Gasteiger partial charge in [0.2, 0.25) is 0 Å². The van der Waals surface area contributed by atoms with E-state index < -0.39 is 35.4 Å². The predicted molar refractivity (Wildman–Crippen MR) is 117 cm³/mol. The Morgan fingerprint density at radius 1 is 0.688 bits per heavy atom. The molecular formula is C20H36O10Si2. The van der Waals surface area contributed by atoms with E-state index in [4.69, 9.17) is 36.0 Å². The number of rotatable bonds is 15. The van der Waals surface area contributed by atoms with E-state index in [0.717, 1.165) is 6.42 Å². The van der Waals surface area contributed by atoms with Gasteiger partial charge in [0.25, 0.3) is 0 Å². The smallest absolute Gasteiger partial charge is 0.465 e. The standard InChI is InChI=1S/C20H36O10Si2/c1-23-31(24-2,25-3)12-7-10-29-19(21)17-15-8-9-16(14-15)18(17)20(22)30-11-13-32(26-4,27-5)28-6/h8-9,15-18H,7,10-14H2,1-6H3. The Bertz CT molecular complexity index is 634. The second-order valence-corrected chi connectivity index (χ2v) is 14.0. The van der Waals surface area contributed by atoms with Crippen molar-refractivity contribution >= 4 is 29.5 Å². The fourth-order valence-corrected chi connectivity index (χ4v) is 7.66. The molecular weight excluding hydrogens is 456 g/mol. The van der Waals surface area contributed by atoms with Crippen molar-refractivity contribution < 1.29 is 45.6 Å². The first-order chi connectivity index (χ1) is 15.3. The van der Waals surface area contributed by atoms with E-state index in [-0.39, 0.29) is 31.0 Å². The average molecular weight is 493 g/mol. The van der Waals surface area contributed by atoms with Crippen molar-refractivity contribution in [3.63, 3.8) is 0 Å². The molecule has 0 radical (unpaired) electrons. The summed E-state index contributed by atoms with van der Waals surface area (Å²) in [6, 6.07) is 0.855. The molecule has 1 saturated carbocycles. The van der Waals surface area contributed by atoms with Crippen molar-refractivity contribution in [2.75, 3.05) is 55.9 Å². The van der Waals surface area contributed by atoms with Gasteiger partial charge in [-0.15, -0.1) is 0 Å². The summed E-state index contributed by atoms with van der Waals surface area (Å²) in [5.74, 6) is -1.90. The first kappa shape index (κ1) is 27.1. The summed E-state index contributed by atoms with van der Waals surface area (Å²) in [5, 5.41) is 0. The molecule has 0 aromatic rings. The van der Waals surface area contributed by atoms with E-state index >= 15 is 0 Å². The molecule has 0 saturated heterocycles. The van der Waals surface area contributed by atoms with E-state index in [1.807, 2.05) is 12.2 Å². The number of ether oxygens (including phenoxy) is 2. The summed E-state index contributed by atoms with van der Waals surface area (Å²) in [6.07, 6.45) is 5.28. The highest BCUT2D eigenvalue weighted by atomic mass is 28.4. The van der Waals surface area contributed by atoms with Gasteiger partial charge in [0.15, 0.2) is 0 Å². The van der Waals surface area contributed by atoms with Gasteiger partial charge >= 0.3 is 29.5 Å². The van der Waals surface area contributed by atoms with E-state index in [9.17, 15) is 9.59 Å². The molecule has 0 heterocycles. The van der Waals surface area contributed by atoms with Gasteiger partial charge in [-0.1, -0.05) is 12.2 Å². The highest BCUT2D eigenvalue weighted by molar-refractivity contribution is 6.60. The quantitative estimate of drug-likeness (QED) is 0.145. The van der Waals surface area contributed by atoms with Crippen LogP contribution in [0.5, 0.6) is 0 Å². The summed E-state index contributed by atoms with van der Waals surface area (Å²) in [5.41, 5.74) is 0. The molecule has 2 aliphatic carbocycles. The van der Waals surface area contributed by atoms with Gasteiger partial charge in [-0.25, -0.2) is 0 Å². The summed E-state index contributed by atoms with van der Waals surface area (Å²) in [7, 11) is 3.60. The largest absolute Gasteiger partial charge is 0.503 e. The van der Waals surface area contributed by atoms with Crippen LogP contribution in [0.15, 0.2) is 12.2 Å². The molecule has 2 aliphatic rings. The first-order valence-corrected chi connectivity index (χ1v) is 14.5. The van der Waals surface area contributed by atoms with Crippen molar-refractivity contribution in [1.29, 1.82) is 0 Å². The molecule has 32 heavy (non-hydrogen) atoms. The molecule has 184 valence electrons. The lowest BCUT2D eigenvalue weighted by Gasteiger charge is -2.27. The van der Waals surface area contributed by atoms with Crippen LogP contribution in [0.25, 0.3) is 0 Å². The molecule has 2 bridgehead atoms. The molecule has 0 aromatic heterocycles. The number of hydrogen-bond donors (Lipinski definition) is 0. The molecule has 0 aromatic carbocycles. The zero-order chi connectivity index (χ0) is 23.8. The van der Waals surface area contributed by atoms with Crippen molar-refractivity contribution in [3.8, 4) is 0 Å². The fraction of sp³-hybridized carbons (Fsp3) is 0.800. The number of allylic oxidation sites excluding steroid dienone is 2. The Labute approximate surface area is 192 Å². The van der Waals surface area contributed by atoms with E-state index in [2.05, 4.69) is 0 Å². The minimum atomic E-state index is -2.84. The van der Waals surface area contributed by atoms with Crippen molar-refractivity contribution in [2.24, 2.45) is 23.7 Å². The number of esters is 2. The number of carbonyl (C=O) groups excluding carboxylic acids is 2. The summed E-state index contributed by atoms with van der Waals surface area (Å²) in [6.45, 7) is 0.296. The molecule has 1 fully saturated rings. The van der Waals surface area contributed by atoms with Crippen LogP contribution in [0.2, 0.25) is 12.1 Å². The van der Waals surface area contributed by atoms with Gasteiger partial charge in [-0.05, 0) is 24.7 Å². The lowest BCUT2D eigenvalue weighted by Crippen LogP contribution is -2.44. The molecule has 0 aliphatic heterocycles. The molecule has 0 spiro atoms. The average Bonchev–Trinajstić information content (AvgIpc) is 3.44. The van der Waals surface area contributed by atoms with Crippen LogP contribution < -0.4 is 0 Å². The van der Waals surface area contributed by atoms with Crippen molar-refractivity contribution in [2.45, 2.75) is 24.9 Å². The second-order valence-electron chi connectivity index (χ2n) is 7.78. The number of hydrogen-bond acceptors (Lipinski definition) is 10. The Kier molecular flexibility index (Phi) is 10.5. The molecule has 0 amide bonds. The highest BCUT2D eigenvalue weighted by Gasteiger charge is 2.53. The maximum atomic E-state index is 12.9. The van der Waals surface area contributed by atoms with Gasteiger partial charge in [0, 0.05) is 48.7 Å². The maximum absolute atomic E-state index is 12.9. The van der Waals surface area contributed by atoms with Crippen LogP contribution >= 0.6 is 0 Å². The van der Waals surface area contributed by atoms with E-state index in [0.29, 0.717) is 18.5 Å². The third-order valence-electron chi connectivity index (χ3n) is 6.39. The normalized spacial score (nSPS) is 24.7. The minimum Gasteiger partial charge on any atom is -0.465 e. The summed E-state index contributed by atoms with van der Waals surface area (Å²) < 4.78 is 43.2. The molecule has 12 heteroatoms. The highest BCUT2D eigenvalue weighted by Crippen LogP contribution is 2.49. The van der Waals surface area contributed by atoms with Crippen LogP contribution in [-0.4, -0.2) is 85.4 Å². The van der Waals surface area contributed by atoms with Crippen LogP contribution in [0, 0.1) is 23.7 Å². The predicted octanol–water partition coefficient (Wildman–Crippen LogP) is 1.66. The Hall–Kier alpha value is -1.13. The van der Waals surface area contributed by atoms with E-state index in [1.54, 1.807) is 21.3 Å². The minimum absolute atomic E-state index is 0.0131. The van der Waals surface area contributed by atoms with Gasteiger partial charge < -0.3 is 36.0 Å². The fourth-order valence-electron chi connectivity index (χ4n) is 4.51. The summed E-state index contributed by atoms with van der Waals surface area (Å²) in [4.78, 5) is 25.7. The van der Waals surface area contributed by atoms with Crippen molar-refractivity contribution in [3.05, 3.63) is 12.2 Å². The summed E-state index contributed by atoms with van der Waals surface area (Å²) >= 11 is 0. The lowest BCUT2D eigenvalue weighted by molar-refractivity contribution is -0.161. The van der Waals surface area contributed by atoms with Crippen LogP contribution in [0.4, 0.5) is 0 Å². The lowest BCUT2D eigenvalue weighted by atomic mass is 9.83. The first-order valence-electron chi connectivity index (χ1n) is 10.7. The zero-order valence-corrected chi connectivity index (χ0v) is 21.8. The zero-order valence-electron chi connectivity index (χ0n) is 19.8. The van der Waals surface area contributed by atoms with Crippen molar-refractivity contribution in [1.82, 2.24) is 0 Å². The second kappa shape index (κ2) is 12.4. The molecule has 4 atom stereocenters. The third kappa shape index (κ3) is 6.05. The third-order valence-corrected chi connectivity index (χ3v) is 11.9. The maximum Gasteiger partial charge on any atom is 0.503 e. The Morgan fingerprint density at radius 3 is 1.53 bits per heavy atom. The Morgan fingerprint density at radius 2 is 1.09 bits per heavy atom. The molecule has 0 N–H and O–H groups in total. The topological polar surface area (TPSA) is 108 Å². The van der Waals surface area contributed by atoms with Crippen LogP contribution in [-0.2, 0) is 45.6 Å². The van der Waals surface area contributed by atoms with Gasteiger partial charge in [-0.2, -0.15) is 0 Å². The number of carbonyl (C=O) groups is 2.